The smallest absolute Gasteiger partial charge is 0.0975 e. The second-order valence-corrected chi connectivity index (χ2v) is 10.8. The average Bonchev–Trinajstić information content (AvgIpc) is 3.26. The summed E-state index contributed by atoms with van der Waals surface area (Å²) < 4.78 is 12.0. The van der Waals surface area contributed by atoms with Crippen LogP contribution in [0.2, 0.25) is 0 Å². The molecule has 1 radical (unpaired) electrons. The van der Waals surface area contributed by atoms with E-state index in [9.17, 15) is 0 Å². The lowest BCUT2D eigenvalue weighted by Crippen LogP contribution is -2.68. The summed E-state index contributed by atoms with van der Waals surface area (Å²) >= 11 is 0. The van der Waals surface area contributed by atoms with Crippen molar-refractivity contribution in [3.8, 4) is 0 Å². The summed E-state index contributed by atoms with van der Waals surface area (Å²) in [6.45, 7) is 10.8. The molecule has 1 aromatic rings. The van der Waals surface area contributed by atoms with Crippen LogP contribution in [0.25, 0.3) is 0 Å². The SMILES string of the molecule is C[C](C)CC1NCC12C[C@H](N1CCC(c3ccccc3CC3CCOCC3)CC1)CO2. The molecular formula is C27H41N2O2. The van der Waals surface area contributed by atoms with Crippen LogP contribution in [0.1, 0.15) is 69.4 Å². The molecule has 31 heavy (non-hydrogen) atoms. The van der Waals surface area contributed by atoms with Crippen LogP contribution >= 0.6 is 0 Å². The standard InChI is InChI=1S/C27H41N2O2/c1-20(2)15-26-27(19-28-26)17-24(18-31-27)29-11-7-22(8-12-29)25-6-4-3-5-23(25)16-21-9-13-30-14-10-21/h3-6,21-22,24,26,28H,7-19H2,1-2H3/t24-,26?,27?/m0/s1. The normalized spacial score (nSPS) is 33.3. The second-order valence-electron chi connectivity index (χ2n) is 10.8. The van der Waals surface area contributed by atoms with Crippen molar-refractivity contribution >= 4 is 0 Å². The van der Waals surface area contributed by atoms with E-state index in [1.54, 1.807) is 11.1 Å². The Morgan fingerprint density at radius 1 is 1.10 bits per heavy atom. The van der Waals surface area contributed by atoms with Crippen molar-refractivity contribution in [3.63, 3.8) is 0 Å². The highest BCUT2D eigenvalue weighted by molar-refractivity contribution is 5.31. The summed E-state index contributed by atoms with van der Waals surface area (Å²) in [5, 5.41) is 3.63. The highest BCUT2D eigenvalue weighted by Gasteiger charge is 2.53. The van der Waals surface area contributed by atoms with Gasteiger partial charge in [0.05, 0.1) is 12.2 Å². The third kappa shape index (κ3) is 4.73. The quantitative estimate of drug-likeness (QED) is 0.735. The van der Waals surface area contributed by atoms with Crippen LogP contribution in [-0.2, 0) is 15.9 Å². The zero-order valence-corrected chi connectivity index (χ0v) is 19.6. The van der Waals surface area contributed by atoms with Gasteiger partial charge in [0, 0.05) is 31.8 Å². The zero-order valence-electron chi connectivity index (χ0n) is 19.6. The Hall–Kier alpha value is -0.940. The largest absolute Gasteiger partial charge is 0.381 e. The van der Waals surface area contributed by atoms with E-state index in [0.717, 1.165) is 44.6 Å². The molecule has 0 aromatic heterocycles. The predicted molar refractivity (Wildman–Crippen MR) is 125 cm³/mol. The summed E-state index contributed by atoms with van der Waals surface area (Å²) in [5.74, 6) is 3.03. The van der Waals surface area contributed by atoms with E-state index in [1.807, 2.05) is 0 Å². The highest BCUT2D eigenvalue weighted by atomic mass is 16.5. The Labute approximate surface area is 189 Å². The van der Waals surface area contributed by atoms with Crippen LogP contribution in [0.5, 0.6) is 0 Å². The second kappa shape index (κ2) is 9.51. The van der Waals surface area contributed by atoms with Crippen LogP contribution in [-0.4, -0.2) is 62.0 Å². The maximum atomic E-state index is 6.44. The van der Waals surface area contributed by atoms with Crippen molar-refractivity contribution in [1.29, 1.82) is 0 Å². The Balaban J connectivity index is 1.16. The van der Waals surface area contributed by atoms with Gasteiger partial charge < -0.3 is 14.8 Å². The van der Waals surface area contributed by atoms with Crippen molar-refractivity contribution in [2.45, 2.75) is 82.4 Å². The minimum atomic E-state index is 0.106. The van der Waals surface area contributed by atoms with Gasteiger partial charge >= 0.3 is 0 Å². The van der Waals surface area contributed by atoms with Gasteiger partial charge in [-0.15, -0.1) is 0 Å². The predicted octanol–water partition coefficient (Wildman–Crippen LogP) is 4.34. The summed E-state index contributed by atoms with van der Waals surface area (Å²) in [7, 11) is 0. The Bertz CT molecular complexity index is 724. The molecule has 0 saturated carbocycles. The molecule has 4 heteroatoms. The van der Waals surface area contributed by atoms with Crippen LogP contribution in [0, 0.1) is 11.8 Å². The van der Waals surface area contributed by atoms with Gasteiger partial charge in [0.1, 0.15) is 0 Å². The molecular weight excluding hydrogens is 384 g/mol. The van der Waals surface area contributed by atoms with Crippen LogP contribution in [0.15, 0.2) is 24.3 Å². The van der Waals surface area contributed by atoms with Gasteiger partial charge in [-0.25, -0.2) is 0 Å². The number of piperidine rings is 1. The van der Waals surface area contributed by atoms with E-state index in [2.05, 4.69) is 48.3 Å². The molecule has 4 aliphatic rings. The van der Waals surface area contributed by atoms with E-state index >= 15 is 0 Å². The molecule has 2 unspecified atom stereocenters. The summed E-state index contributed by atoms with van der Waals surface area (Å²) in [6.07, 6.45) is 8.63. The summed E-state index contributed by atoms with van der Waals surface area (Å²) in [5.41, 5.74) is 3.34. The fourth-order valence-corrected chi connectivity index (χ4v) is 6.48. The molecule has 5 rings (SSSR count). The first-order chi connectivity index (χ1) is 15.1. The third-order valence-electron chi connectivity index (χ3n) is 8.43. The molecule has 4 saturated heterocycles. The fourth-order valence-electron chi connectivity index (χ4n) is 6.48. The fraction of sp³-hybridized carbons (Fsp3) is 0.741. The number of ether oxygens (including phenoxy) is 2. The molecule has 171 valence electrons. The van der Waals surface area contributed by atoms with Gasteiger partial charge in [-0.1, -0.05) is 38.1 Å². The first-order valence-electron chi connectivity index (χ1n) is 12.7. The zero-order chi connectivity index (χ0) is 21.3. The molecule has 4 fully saturated rings. The van der Waals surface area contributed by atoms with Gasteiger partial charge in [0.15, 0.2) is 0 Å². The monoisotopic (exact) mass is 425 g/mol. The van der Waals surface area contributed by atoms with Crippen molar-refractivity contribution in [3.05, 3.63) is 41.3 Å². The lowest BCUT2D eigenvalue weighted by Gasteiger charge is -2.48. The average molecular weight is 426 g/mol. The van der Waals surface area contributed by atoms with Crippen LogP contribution in [0.3, 0.4) is 0 Å². The molecule has 1 spiro atoms. The maximum Gasteiger partial charge on any atom is 0.0975 e. The number of nitrogens with zero attached hydrogens (tertiary/aromatic N) is 1. The lowest BCUT2D eigenvalue weighted by molar-refractivity contribution is -0.0782. The van der Waals surface area contributed by atoms with Gasteiger partial charge in [-0.05, 0) is 86.9 Å². The van der Waals surface area contributed by atoms with Crippen LogP contribution in [0.4, 0.5) is 0 Å². The highest BCUT2D eigenvalue weighted by Crippen LogP contribution is 2.41. The van der Waals surface area contributed by atoms with Gasteiger partial charge in [0.25, 0.3) is 0 Å². The topological polar surface area (TPSA) is 33.7 Å². The van der Waals surface area contributed by atoms with E-state index in [4.69, 9.17) is 9.47 Å². The lowest BCUT2D eigenvalue weighted by atomic mass is 9.78. The van der Waals surface area contributed by atoms with Gasteiger partial charge in [0.2, 0.25) is 0 Å². The third-order valence-corrected chi connectivity index (χ3v) is 8.43. The Kier molecular flexibility index (Phi) is 6.71. The Morgan fingerprint density at radius 2 is 1.87 bits per heavy atom. The molecule has 1 aromatic carbocycles. The number of likely N-dealkylation sites (tertiary alicyclic amines) is 1. The minimum absolute atomic E-state index is 0.106. The van der Waals surface area contributed by atoms with E-state index < -0.39 is 0 Å². The Morgan fingerprint density at radius 3 is 2.58 bits per heavy atom. The van der Waals surface area contributed by atoms with Crippen molar-refractivity contribution in [1.82, 2.24) is 10.2 Å². The number of benzene rings is 1. The number of hydrogen-bond donors (Lipinski definition) is 1. The van der Waals surface area contributed by atoms with E-state index in [-0.39, 0.29) is 5.60 Å². The minimum Gasteiger partial charge on any atom is -0.381 e. The molecule has 4 heterocycles. The van der Waals surface area contributed by atoms with Crippen molar-refractivity contribution < 1.29 is 9.47 Å². The molecule has 4 aliphatic heterocycles. The first kappa shape index (κ1) is 21.9. The number of nitrogens with one attached hydrogen (secondary N) is 1. The van der Waals surface area contributed by atoms with Crippen LogP contribution < -0.4 is 5.32 Å². The number of hydrogen-bond acceptors (Lipinski definition) is 4. The van der Waals surface area contributed by atoms with Gasteiger partial charge in [-0.3, -0.25) is 4.90 Å². The summed E-state index contributed by atoms with van der Waals surface area (Å²) in [4.78, 5) is 2.74. The van der Waals surface area contributed by atoms with Crippen molar-refractivity contribution in [2.24, 2.45) is 5.92 Å². The van der Waals surface area contributed by atoms with E-state index in [1.165, 1.54) is 57.5 Å². The number of rotatable bonds is 6. The van der Waals surface area contributed by atoms with Gasteiger partial charge in [-0.2, -0.15) is 0 Å². The van der Waals surface area contributed by atoms with Crippen molar-refractivity contribution in [2.75, 3.05) is 39.5 Å². The molecule has 3 atom stereocenters. The molecule has 0 aliphatic carbocycles. The molecule has 0 bridgehead atoms. The van der Waals surface area contributed by atoms with E-state index in [0.29, 0.717) is 12.1 Å². The molecule has 0 amide bonds. The summed E-state index contributed by atoms with van der Waals surface area (Å²) in [6, 6.07) is 10.4. The molecule has 1 N–H and O–H groups in total. The molecule has 4 nitrogen and oxygen atoms in total. The first-order valence-corrected chi connectivity index (χ1v) is 12.7. The maximum absolute atomic E-state index is 6.44.